The van der Waals surface area contributed by atoms with Gasteiger partial charge in [-0.3, -0.25) is 4.79 Å². The molecule has 1 aromatic rings. The van der Waals surface area contributed by atoms with Crippen LogP contribution < -0.4 is 10.5 Å². The third-order valence-electron chi connectivity index (χ3n) is 1.94. The fourth-order valence-corrected chi connectivity index (χ4v) is 1.28. The van der Waals surface area contributed by atoms with Gasteiger partial charge in [0.15, 0.2) is 6.33 Å². The van der Waals surface area contributed by atoms with E-state index in [2.05, 4.69) is 16.3 Å². The fraction of sp³-hybridized carbons (Fsp3) is 0.500. The molecule has 1 aromatic heterocycles. The van der Waals surface area contributed by atoms with Crippen molar-refractivity contribution in [1.82, 2.24) is 9.97 Å². The molecular formula is C8H10N3O2. The minimum Gasteiger partial charge on any atom is -0.378 e. The van der Waals surface area contributed by atoms with E-state index in [4.69, 9.17) is 4.74 Å². The highest BCUT2D eigenvalue weighted by atomic mass is 16.5. The highest BCUT2D eigenvalue weighted by Gasteiger charge is 2.11. The number of anilines is 1. The molecule has 1 aliphatic rings. The second-order valence-corrected chi connectivity index (χ2v) is 2.81. The van der Waals surface area contributed by atoms with Crippen LogP contribution in [0.1, 0.15) is 0 Å². The van der Waals surface area contributed by atoms with Crippen LogP contribution in [0, 0.1) is 6.33 Å². The van der Waals surface area contributed by atoms with E-state index in [0.29, 0.717) is 19.0 Å². The number of hydrogen-bond donors (Lipinski definition) is 1. The van der Waals surface area contributed by atoms with Crippen LogP contribution in [-0.4, -0.2) is 36.3 Å². The quantitative estimate of drug-likeness (QED) is 0.627. The van der Waals surface area contributed by atoms with E-state index in [-0.39, 0.29) is 5.56 Å². The Kier molecular flexibility index (Phi) is 2.27. The normalized spacial score (nSPS) is 17.4. The third kappa shape index (κ3) is 1.86. The number of H-pyrrole nitrogens is 1. The minimum atomic E-state index is -0.170. The van der Waals surface area contributed by atoms with E-state index in [9.17, 15) is 4.79 Å². The molecule has 0 atom stereocenters. The van der Waals surface area contributed by atoms with E-state index in [1.807, 2.05) is 4.90 Å². The fourth-order valence-electron chi connectivity index (χ4n) is 1.28. The molecule has 0 aromatic carbocycles. The van der Waals surface area contributed by atoms with Crippen LogP contribution in [0.4, 0.5) is 5.82 Å². The van der Waals surface area contributed by atoms with Crippen molar-refractivity contribution < 1.29 is 4.74 Å². The lowest BCUT2D eigenvalue weighted by Gasteiger charge is -2.27. The van der Waals surface area contributed by atoms with Gasteiger partial charge >= 0.3 is 0 Å². The summed E-state index contributed by atoms with van der Waals surface area (Å²) in [6, 6.07) is 1.47. The summed E-state index contributed by atoms with van der Waals surface area (Å²) in [6.07, 6.45) is 2.46. The number of morpholine rings is 1. The highest BCUT2D eigenvalue weighted by molar-refractivity contribution is 5.36. The lowest BCUT2D eigenvalue weighted by Crippen LogP contribution is -2.37. The van der Waals surface area contributed by atoms with Crippen molar-refractivity contribution in [1.29, 1.82) is 0 Å². The van der Waals surface area contributed by atoms with E-state index in [1.165, 1.54) is 6.07 Å². The van der Waals surface area contributed by atoms with Crippen LogP contribution in [-0.2, 0) is 4.74 Å². The van der Waals surface area contributed by atoms with Gasteiger partial charge in [-0.05, 0) is 0 Å². The number of ether oxygens (including phenoxy) is 1. The first-order chi connectivity index (χ1) is 6.36. The second kappa shape index (κ2) is 3.57. The Labute approximate surface area is 75.4 Å². The van der Waals surface area contributed by atoms with Crippen molar-refractivity contribution >= 4 is 5.82 Å². The smallest absolute Gasteiger partial charge is 0.253 e. The maximum atomic E-state index is 10.9. The van der Waals surface area contributed by atoms with Gasteiger partial charge in [0.1, 0.15) is 5.82 Å². The molecule has 1 radical (unpaired) electrons. The van der Waals surface area contributed by atoms with Crippen LogP contribution in [0.2, 0.25) is 0 Å². The molecule has 1 N–H and O–H groups in total. The van der Waals surface area contributed by atoms with Crippen molar-refractivity contribution in [2.75, 3.05) is 31.2 Å². The Hall–Kier alpha value is -1.36. The average molecular weight is 180 g/mol. The first-order valence-electron chi connectivity index (χ1n) is 4.16. The Balaban J connectivity index is 2.19. The lowest BCUT2D eigenvalue weighted by molar-refractivity contribution is 0.122. The SMILES string of the molecule is O=c1cc(N2CCOCC2)n[c][nH]1. The molecule has 2 rings (SSSR count). The second-order valence-electron chi connectivity index (χ2n) is 2.81. The first-order valence-corrected chi connectivity index (χ1v) is 4.16. The molecule has 5 nitrogen and oxygen atoms in total. The van der Waals surface area contributed by atoms with Crippen molar-refractivity contribution in [2.24, 2.45) is 0 Å². The topological polar surface area (TPSA) is 58.2 Å². The maximum Gasteiger partial charge on any atom is 0.253 e. The summed E-state index contributed by atoms with van der Waals surface area (Å²) in [5.41, 5.74) is -0.170. The predicted octanol–water partition coefficient (Wildman–Crippen LogP) is -0.593. The minimum absolute atomic E-state index is 0.170. The number of rotatable bonds is 1. The number of nitrogens with zero attached hydrogens (tertiary/aromatic N) is 2. The maximum absolute atomic E-state index is 10.9. The van der Waals surface area contributed by atoms with Gasteiger partial charge in [0.05, 0.1) is 13.2 Å². The largest absolute Gasteiger partial charge is 0.378 e. The van der Waals surface area contributed by atoms with Gasteiger partial charge in [-0.2, -0.15) is 0 Å². The number of nitrogens with one attached hydrogen (secondary N) is 1. The van der Waals surface area contributed by atoms with E-state index < -0.39 is 0 Å². The monoisotopic (exact) mass is 180 g/mol. The Morgan fingerprint density at radius 2 is 2.31 bits per heavy atom. The molecule has 1 saturated heterocycles. The number of aromatic nitrogens is 2. The van der Waals surface area contributed by atoms with Gasteiger partial charge in [-0.25, -0.2) is 4.98 Å². The Morgan fingerprint density at radius 1 is 1.54 bits per heavy atom. The molecule has 0 aliphatic carbocycles. The Morgan fingerprint density at radius 3 is 3.00 bits per heavy atom. The summed E-state index contributed by atoms with van der Waals surface area (Å²) >= 11 is 0. The van der Waals surface area contributed by atoms with E-state index >= 15 is 0 Å². The van der Waals surface area contributed by atoms with Crippen LogP contribution in [0.5, 0.6) is 0 Å². The zero-order chi connectivity index (χ0) is 9.10. The molecular weight excluding hydrogens is 170 g/mol. The summed E-state index contributed by atoms with van der Waals surface area (Å²) in [5.74, 6) is 0.673. The standard InChI is InChI=1S/C8H10N3O2/c12-8-5-7(9-6-10-8)11-1-3-13-4-2-11/h5H,1-4H2,(H,9,10,12). The summed E-state index contributed by atoms with van der Waals surface area (Å²) in [7, 11) is 0. The molecule has 13 heavy (non-hydrogen) atoms. The Bertz CT molecular complexity index is 330. The zero-order valence-electron chi connectivity index (χ0n) is 7.12. The molecule has 1 fully saturated rings. The first kappa shape index (κ1) is 8.25. The van der Waals surface area contributed by atoms with Gasteiger partial charge in [0.2, 0.25) is 0 Å². The van der Waals surface area contributed by atoms with Gasteiger partial charge in [0, 0.05) is 19.2 Å². The molecule has 0 saturated carbocycles. The van der Waals surface area contributed by atoms with Crippen molar-refractivity contribution in [2.45, 2.75) is 0 Å². The summed E-state index contributed by atoms with van der Waals surface area (Å²) < 4.78 is 5.19. The van der Waals surface area contributed by atoms with Gasteiger partial charge < -0.3 is 14.6 Å². The van der Waals surface area contributed by atoms with E-state index in [1.54, 1.807) is 0 Å². The van der Waals surface area contributed by atoms with Crippen LogP contribution in [0.15, 0.2) is 10.9 Å². The molecule has 1 aliphatic heterocycles. The molecule has 0 bridgehead atoms. The summed E-state index contributed by atoms with van der Waals surface area (Å²) in [5, 5.41) is 0. The highest BCUT2D eigenvalue weighted by Crippen LogP contribution is 2.07. The third-order valence-corrected chi connectivity index (χ3v) is 1.94. The zero-order valence-corrected chi connectivity index (χ0v) is 7.12. The molecule has 5 heteroatoms. The van der Waals surface area contributed by atoms with Crippen LogP contribution >= 0.6 is 0 Å². The van der Waals surface area contributed by atoms with Gasteiger partial charge in [0.25, 0.3) is 5.56 Å². The summed E-state index contributed by atoms with van der Waals surface area (Å²) in [4.78, 5) is 19.3. The van der Waals surface area contributed by atoms with Crippen LogP contribution in [0.3, 0.4) is 0 Å². The van der Waals surface area contributed by atoms with Gasteiger partial charge in [-0.15, -0.1) is 0 Å². The van der Waals surface area contributed by atoms with E-state index in [0.717, 1.165) is 13.1 Å². The molecule has 0 amide bonds. The van der Waals surface area contributed by atoms with Crippen LogP contribution in [0.25, 0.3) is 0 Å². The molecule has 69 valence electrons. The molecule has 0 unspecified atom stereocenters. The van der Waals surface area contributed by atoms with Crippen molar-refractivity contribution in [3.63, 3.8) is 0 Å². The van der Waals surface area contributed by atoms with Gasteiger partial charge in [-0.1, -0.05) is 0 Å². The average Bonchev–Trinajstić information content (AvgIpc) is 2.19. The number of aromatic amines is 1. The summed E-state index contributed by atoms with van der Waals surface area (Å²) in [6.45, 7) is 2.94. The number of hydrogen-bond acceptors (Lipinski definition) is 4. The predicted molar refractivity (Wildman–Crippen MR) is 46.7 cm³/mol. The molecule has 2 heterocycles. The van der Waals surface area contributed by atoms with Crippen molar-refractivity contribution in [3.8, 4) is 0 Å². The van der Waals surface area contributed by atoms with Crippen molar-refractivity contribution in [3.05, 3.63) is 22.7 Å². The molecule has 0 spiro atoms. The lowest BCUT2D eigenvalue weighted by atomic mass is 10.4.